The first kappa shape index (κ1) is 17.2. The van der Waals surface area contributed by atoms with E-state index >= 15 is 0 Å². The molecule has 0 atom stereocenters. The van der Waals surface area contributed by atoms with Crippen LogP contribution in [-0.4, -0.2) is 21.0 Å². The quantitative estimate of drug-likeness (QED) is 0.574. The third-order valence-corrected chi connectivity index (χ3v) is 6.16. The number of aromatic nitrogens is 2. The van der Waals surface area contributed by atoms with E-state index in [-0.39, 0.29) is 5.82 Å². The van der Waals surface area contributed by atoms with Crippen molar-refractivity contribution in [3.63, 3.8) is 0 Å². The summed E-state index contributed by atoms with van der Waals surface area (Å²) in [6, 6.07) is 10.9. The van der Waals surface area contributed by atoms with Gasteiger partial charge in [0.05, 0.1) is 22.0 Å². The van der Waals surface area contributed by atoms with Crippen LogP contribution in [0.15, 0.2) is 41.4 Å². The second-order valence-corrected chi connectivity index (χ2v) is 8.32. The summed E-state index contributed by atoms with van der Waals surface area (Å²) in [6.45, 7) is 8.20. The SMILES string of the molecule is Cn1nc2c(Cl)cccc2c1C1=NC(C)(C)C(C)(C)c2c(F)cccc21. The summed E-state index contributed by atoms with van der Waals surface area (Å²) in [5.74, 6) is -0.197. The molecule has 0 bridgehead atoms. The Hall–Kier alpha value is -2.20. The van der Waals surface area contributed by atoms with Crippen molar-refractivity contribution in [1.29, 1.82) is 0 Å². The molecule has 26 heavy (non-hydrogen) atoms. The molecule has 5 heteroatoms. The largest absolute Gasteiger partial charge is 0.275 e. The molecule has 1 aliphatic heterocycles. The molecular formula is C21H21ClFN3. The van der Waals surface area contributed by atoms with E-state index < -0.39 is 11.0 Å². The molecule has 2 heterocycles. The van der Waals surface area contributed by atoms with Crippen LogP contribution in [0.1, 0.15) is 44.5 Å². The molecule has 0 amide bonds. The van der Waals surface area contributed by atoms with Gasteiger partial charge in [0.2, 0.25) is 0 Å². The lowest BCUT2D eigenvalue weighted by molar-refractivity contribution is 0.293. The standard InChI is InChI=1S/C21H21ClFN3/c1-20(2)16-12(8-7-11-15(16)23)18(24-21(20,3)4)19-13-9-6-10-14(22)17(13)25-26(19)5/h6-11H,1-5H3. The number of nitrogens with zero attached hydrogens (tertiary/aromatic N) is 3. The zero-order valence-electron chi connectivity index (χ0n) is 15.6. The van der Waals surface area contributed by atoms with Gasteiger partial charge < -0.3 is 0 Å². The summed E-state index contributed by atoms with van der Waals surface area (Å²) < 4.78 is 16.7. The molecule has 1 aromatic heterocycles. The van der Waals surface area contributed by atoms with Crippen molar-refractivity contribution >= 4 is 28.2 Å². The lowest BCUT2D eigenvalue weighted by Gasteiger charge is -2.44. The van der Waals surface area contributed by atoms with Gasteiger partial charge in [0, 0.05) is 29.0 Å². The minimum Gasteiger partial charge on any atom is -0.275 e. The number of benzene rings is 2. The Bertz CT molecular complexity index is 1080. The highest BCUT2D eigenvalue weighted by molar-refractivity contribution is 6.35. The van der Waals surface area contributed by atoms with E-state index in [4.69, 9.17) is 16.6 Å². The zero-order valence-corrected chi connectivity index (χ0v) is 16.3. The third kappa shape index (κ3) is 2.18. The van der Waals surface area contributed by atoms with Crippen molar-refractivity contribution in [2.24, 2.45) is 12.0 Å². The van der Waals surface area contributed by atoms with E-state index in [0.29, 0.717) is 10.6 Å². The van der Waals surface area contributed by atoms with Crippen LogP contribution in [0.25, 0.3) is 10.9 Å². The average Bonchev–Trinajstić information content (AvgIpc) is 2.88. The molecule has 134 valence electrons. The maximum Gasteiger partial charge on any atom is 0.127 e. The predicted octanol–water partition coefficient (Wildman–Crippen LogP) is 5.27. The molecule has 0 spiro atoms. The Morgan fingerprint density at radius 2 is 1.73 bits per heavy atom. The van der Waals surface area contributed by atoms with Crippen molar-refractivity contribution in [2.75, 3.05) is 0 Å². The minimum atomic E-state index is -0.479. The lowest BCUT2D eigenvalue weighted by atomic mass is 9.65. The second-order valence-electron chi connectivity index (χ2n) is 7.92. The van der Waals surface area contributed by atoms with Crippen molar-refractivity contribution in [3.8, 4) is 0 Å². The van der Waals surface area contributed by atoms with Gasteiger partial charge in [-0.1, -0.05) is 49.7 Å². The Labute approximate surface area is 157 Å². The molecule has 1 aliphatic rings. The first-order valence-electron chi connectivity index (χ1n) is 8.66. The van der Waals surface area contributed by atoms with Gasteiger partial charge in [0.1, 0.15) is 11.3 Å². The van der Waals surface area contributed by atoms with Gasteiger partial charge in [-0.15, -0.1) is 0 Å². The van der Waals surface area contributed by atoms with Crippen LogP contribution < -0.4 is 0 Å². The van der Waals surface area contributed by atoms with Gasteiger partial charge in [0.15, 0.2) is 0 Å². The van der Waals surface area contributed by atoms with Gasteiger partial charge in [-0.25, -0.2) is 4.39 Å². The fourth-order valence-electron chi connectivity index (χ4n) is 3.79. The highest BCUT2D eigenvalue weighted by Crippen LogP contribution is 2.45. The molecule has 4 rings (SSSR count). The Balaban J connectivity index is 2.11. The predicted molar refractivity (Wildman–Crippen MR) is 105 cm³/mol. The highest BCUT2D eigenvalue weighted by Gasteiger charge is 2.46. The smallest absolute Gasteiger partial charge is 0.127 e. The Kier molecular flexibility index (Phi) is 3.58. The molecule has 3 aromatic rings. The van der Waals surface area contributed by atoms with Crippen LogP contribution >= 0.6 is 11.6 Å². The molecule has 0 aliphatic carbocycles. The zero-order chi connectivity index (χ0) is 18.9. The van der Waals surface area contributed by atoms with Gasteiger partial charge in [-0.2, -0.15) is 5.10 Å². The van der Waals surface area contributed by atoms with E-state index in [1.54, 1.807) is 10.7 Å². The van der Waals surface area contributed by atoms with Crippen LogP contribution in [0, 0.1) is 5.82 Å². The van der Waals surface area contributed by atoms with E-state index in [2.05, 4.69) is 5.10 Å². The fourth-order valence-corrected chi connectivity index (χ4v) is 4.00. The van der Waals surface area contributed by atoms with Gasteiger partial charge in [-0.05, 0) is 26.0 Å². The van der Waals surface area contributed by atoms with E-state index in [1.807, 2.05) is 59.0 Å². The molecule has 0 radical (unpaired) electrons. The minimum absolute atomic E-state index is 0.197. The molecule has 2 aromatic carbocycles. The first-order chi connectivity index (χ1) is 12.1. The number of rotatable bonds is 1. The molecular weight excluding hydrogens is 349 g/mol. The molecule has 0 saturated carbocycles. The molecule has 3 nitrogen and oxygen atoms in total. The number of aryl methyl sites for hydroxylation is 1. The average molecular weight is 370 g/mol. The van der Waals surface area contributed by atoms with Crippen molar-refractivity contribution in [1.82, 2.24) is 9.78 Å². The number of fused-ring (bicyclic) bond motifs is 2. The van der Waals surface area contributed by atoms with E-state index in [0.717, 1.165) is 27.9 Å². The van der Waals surface area contributed by atoms with Gasteiger partial charge >= 0.3 is 0 Å². The van der Waals surface area contributed by atoms with Gasteiger partial charge in [-0.3, -0.25) is 9.67 Å². The summed E-state index contributed by atoms with van der Waals surface area (Å²) in [5.41, 5.74) is 2.95. The molecule has 0 fully saturated rings. The van der Waals surface area contributed by atoms with E-state index in [1.165, 1.54) is 6.07 Å². The van der Waals surface area contributed by atoms with Crippen LogP contribution in [0.3, 0.4) is 0 Å². The second kappa shape index (κ2) is 5.40. The van der Waals surface area contributed by atoms with Crippen molar-refractivity contribution in [3.05, 3.63) is 64.1 Å². The van der Waals surface area contributed by atoms with Crippen molar-refractivity contribution < 1.29 is 4.39 Å². The number of halogens is 2. The summed E-state index contributed by atoms with van der Waals surface area (Å²) >= 11 is 6.33. The van der Waals surface area contributed by atoms with E-state index in [9.17, 15) is 4.39 Å². The monoisotopic (exact) mass is 369 g/mol. The number of hydrogen-bond donors (Lipinski definition) is 0. The molecule has 0 unspecified atom stereocenters. The fraction of sp³-hybridized carbons (Fsp3) is 0.333. The third-order valence-electron chi connectivity index (χ3n) is 5.85. The van der Waals surface area contributed by atoms with Crippen molar-refractivity contribution in [2.45, 2.75) is 38.6 Å². The Morgan fingerprint density at radius 1 is 1.04 bits per heavy atom. The summed E-state index contributed by atoms with van der Waals surface area (Å²) in [7, 11) is 1.87. The maximum absolute atomic E-state index is 14.9. The topological polar surface area (TPSA) is 30.2 Å². The number of hydrogen-bond acceptors (Lipinski definition) is 2. The maximum atomic E-state index is 14.9. The molecule has 0 N–H and O–H groups in total. The number of aliphatic imine (C=N–C) groups is 1. The van der Waals surface area contributed by atoms with Crippen LogP contribution in [0.4, 0.5) is 4.39 Å². The Morgan fingerprint density at radius 3 is 2.46 bits per heavy atom. The lowest BCUT2D eigenvalue weighted by Crippen LogP contribution is -2.47. The normalized spacial score (nSPS) is 17.9. The summed E-state index contributed by atoms with van der Waals surface area (Å²) in [4.78, 5) is 5.08. The summed E-state index contributed by atoms with van der Waals surface area (Å²) in [6.07, 6.45) is 0. The molecule has 0 saturated heterocycles. The summed E-state index contributed by atoms with van der Waals surface area (Å²) in [5, 5.41) is 6.10. The highest BCUT2D eigenvalue weighted by atomic mass is 35.5. The van der Waals surface area contributed by atoms with Crippen LogP contribution in [-0.2, 0) is 12.5 Å². The van der Waals surface area contributed by atoms with Crippen LogP contribution in [0.2, 0.25) is 5.02 Å². The van der Waals surface area contributed by atoms with Crippen LogP contribution in [0.5, 0.6) is 0 Å². The van der Waals surface area contributed by atoms with Gasteiger partial charge in [0.25, 0.3) is 0 Å². The first-order valence-corrected chi connectivity index (χ1v) is 9.04.